The van der Waals surface area contributed by atoms with E-state index < -0.39 is 0 Å². The van der Waals surface area contributed by atoms with E-state index in [0.717, 1.165) is 6.54 Å². The Bertz CT molecular complexity index is 266. The lowest BCUT2D eigenvalue weighted by Crippen LogP contribution is -2.08. The van der Waals surface area contributed by atoms with Gasteiger partial charge in [-0.3, -0.25) is 0 Å². The summed E-state index contributed by atoms with van der Waals surface area (Å²) in [4.78, 5) is 0. The van der Waals surface area contributed by atoms with E-state index in [1.165, 1.54) is 5.57 Å². The van der Waals surface area contributed by atoms with Gasteiger partial charge in [0.05, 0.1) is 12.0 Å². The molecule has 12 heavy (non-hydrogen) atoms. The van der Waals surface area contributed by atoms with Crippen molar-refractivity contribution < 1.29 is 0 Å². The second-order valence-corrected chi connectivity index (χ2v) is 2.67. The molecule has 0 fully saturated rings. The molecule has 1 aliphatic rings. The highest BCUT2D eigenvalue weighted by Gasteiger charge is 1.99. The Morgan fingerprint density at radius 1 is 1.58 bits per heavy atom. The first-order valence-corrected chi connectivity index (χ1v) is 3.96. The van der Waals surface area contributed by atoms with Crippen molar-refractivity contribution in [3.8, 4) is 6.07 Å². The summed E-state index contributed by atoms with van der Waals surface area (Å²) in [5.74, 6) is -0.0735. The van der Waals surface area contributed by atoms with Crippen LogP contribution in [-0.4, -0.2) is 13.6 Å². The number of hydrogen-bond acceptors (Lipinski definition) is 2. The minimum absolute atomic E-state index is 0.0735. The molecule has 0 aromatic rings. The SMILES string of the molecule is CNCC1=CC=CC(C#N)C=C1. The molecule has 1 rings (SSSR count). The van der Waals surface area contributed by atoms with Crippen molar-refractivity contribution in [2.24, 2.45) is 5.92 Å². The van der Waals surface area contributed by atoms with Gasteiger partial charge in [0.2, 0.25) is 0 Å². The van der Waals surface area contributed by atoms with Crippen LogP contribution < -0.4 is 5.32 Å². The summed E-state index contributed by atoms with van der Waals surface area (Å²) in [6, 6.07) is 2.18. The smallest absolute Gasteiger partial charge is 0.0830 e. The number of nitrogens with one attached hydrogen (secondary N) is 1. The molecule has 0 aliphatic heterocycles. The average molecular weight is 160 g/mol. The van der Waals surface area contributed by atoms with Gasteiger partial charge >= 0.3 is 0 Å². The van der Waals surface area contributed by atoms with Gasteiger partial charge in [0.1, 0.15) is 0 Å². The van der Waals surface area contributed by atoms with Crippen molar-refractivity contribution in [2.75, 3.05) is 13.6 Å². The predicted octanol–water partition coefficient (Wildman–Crippen LogP) is 1.40. The Morgan fingerprint density at radius 2 is 2.42 bits per heavy atom. The molecule has 0 saturated heterocycles. The molecule has 62 valence electrons. The summed E-state index contributed by atoms with van der Waals surface area (Å²) in [5.41, 5.74) is 1.20. The van der Waals surface area contributed by atoms with E-state index >= 15 is 0 Å². The number of likely N-dealkylation sites (N-methyl/N-ethyl adjacent to an activating group) is 1. The van der Waals surface area contributed by atoms with Crippen LogP contribution in [0.5, 0.6) is 0 Å². The number of nitrogens with zero attached hydrogens (tertiary/aromatic N) is 1. The molecule has 0 aromatic carbocycles. The number of rotatable bonds is 2. The lowest BCUT2D eigenvalue weighted by Gasteiger charge is -1.97. The summed E-state index contributed by atoms with van der Waals surface area (Å²) in [5, 5.41) is 11.7. The highest BCUT2D eigenvalue weighted by atomic mass is 14.8. The summed E-state index contributed by atoms with van der Waals surface area (Å²) < 4.78 is 0. The fraction of sp³-hybridized carbons (Fsp3) is 0.300. The molecule has 0 heterocycles. The predicted molar refractivity (Wildman–Crippen MR) is 49.4 cm³/mol. The van der Waals surface area contributed by atoms with Gasteiger partial charge in [-0.1, -0.05) is 30.4 Å². The minimum atomic E-state index is -0.0735. The number of hydrogen-bond donors (Lipinski definition) is 1. The van der Waals surface area contributed by atoms with Crippen LogP contribution in [0.15, 0.2) is 36.0 Å². The average Bonchev–Trinajstić information content (AvgIpc) is 2.31. The lowest BCUT2D eigenvalue weighted by molar-refractivity contribution is 0.895. The van der Waals surface area contributed by atoms with E-state index in [1.54, 1.807) is 0 Å². The molecule has 1 unspecified atom stereocenters. The molecular weight excluding hydrogens is 148 g/mol. The van der Waals surface area contributed by atoms with Crippen LogP contribution in [0.25, 0.3) is 0 Å². The number of allylic oxidation sites excluding steroid dienone is 4. The maximum Gasteiger partial charge on any atom is 0.0830 e. The molecule has 0 aromatic heterocycles. The van der Waals surface area contributed by atoms with Crippen LogP contribution in [0, 0.1) is 17.2 Å². The molecular formula is C10H12N2. The molecule has 0 amide bonds. The van der Waals surface area contributed by atoms with Gasteiger partial charge in [-0.2, -0.15) is 5.26 Å². The van der Waals surface area contributed by atoms with Gasteiger partial charge in [-0.15, -0.1) is 0 Å². The first-order chi connectivity index (χ1) is 5.86. The van der Waals surface area contributed by atoms with Crippen molar-refractivity contribution in [3.05, 3.63) is 36.0 Å². The van der Waals surface area contributed by atoms with Crippen LogP contribution in [0.4, 0.5) is 0 Å². The summed E-state index contributed by atoms with van der Waals surface area (Å²) in [6.07, 6.45) is 9.74. The Morgan fingerprint density at radius 3 is 3.08 bits per heavy atom. The minimum Gasteiger partial charge on any atom is -0.316 e. The molecule has 0 spiro atoms. The first-order valence-electron chi connectivity index (χ1n) is 3.96. The van der Waals surface area contributed by atoms with Crippen LogP contribution in [0.1, 0.15) is 0 Å². The van der Waals surface area contributed by atoms with Gasteiger partial charge in [0.15, 0.2) is 0 Å². The molecule has 1 N–H and O–H groups in total. The van der Waals surface area contributed by atoms with Crippen molar-refractivity contribution in [2.45, 2.75) is 0 Å². The second-order valence-electron chi connectivity index (χ2n) is 2.67. The topological polar surface area (TPSA) is 35.8 Å². The van der Waals surface area contributed by atoms with Crippen molar-refractivity contribution in [3.63, 3.8) is 0 Å². The lowest BCUT2D eigenvalue weighted by atomic mass is 10.1. The third-order valence-electron chi connectivity index (χ3n) is 1.68. The quantitative estimate of drug-likeness (QED) is 0.662. The van der Waals surface area contributed by atoms with Gasteiger partial charge in [0.25, 0.3) is 0 Å². The zero-order chi connectivity index (χ0) is 8.81. The molecule has 1 atom stereocenters. The van der Waals surface area contributed by atoms with Crippen LogP contribution in [0.3, 0.4) is 0 Å². The Balaban J connectivity index is 2.66. The fourth-order valence-electron chi connectivity index (χ4n) is 1.05. The van der Waals surface area contributed by atoms with Crippen molar-refractivity contribution in [1.82, 2.24) is 5.32 Å². The third-order valence-corrected chi connectivity index (χ3v) is 1.68. The van der Waals surface area contributed by atoms with Gasteiger partial charge < -0.3 is 5.32 Å². The van der Waals surface area contributed by atoms with E-state index in [-0.39, 0.29) is 5.92 Å². The highest BCUT2D eigenvalue weighted by Crippen LogP contribution is 2.08. The molecule has 2 nitrogen and oxygen atoms in total. The van der Waals surface area contributed by atoms with Gasteiger partial charge in [-0.25, -0.2) is 0 Å². The Labute approximate surface area is 72.9 Å². The molecule has 0 radical (unpaired) electrons. The monoisotopic (exact) mass is 160 g/mol. The largest absolute Gasteiger partial charge is 0.316 e. The second kappa shape index (κ2) is 4.53. The van der Waals surface area contributed by atoms with Gasteiger partial charge in [0, 0.05) is 6.54 Å². The van der Waals surface area contributed by atoms with E-state index in [4.69, 9.17) is 5.26 Å². The maximum absolute atomic E-state index is 8.64. The zero-order valence-corrected chi connectivity index (χ0v) is 7.12. The third kappa shape index (κ3) is 2.37. The first kappa shape index (κ1) is 8.76. The van der Waals surface area contributed by atoms with Crippen LogP contribution >= 0.6 is 0 Å². The van der Waals surface area contributed by atoms with Gasteiger partial charge in [-0.05, 0) is 12.6 Å². The Hall–Kier alpha value is -1.33. The fourth-order valence-corrected chi connectivity index (χ4v) is 1.05. The van der Waals surface area contributed by atoms with E-state index in [1.807, 2.05) is 37.4 Å². The van der Waals surface area contributed by atoms with Crippen LogP contribution in [0.2, 0.25) is 0 Å². The van der Waals surface area contributed by atoms with E-state index in [9.17, 15) is 0 Å². The molecule has 0 saturated carbocycles. The highest BCUT2D eigenvalue weighted by molar-refractivity contribution is 5.31. The van der Waals surface area contributed by atoms with Crippen molar-refractivity contribution in [1.29, 1.82) is 5.26 Å². The standard InChI is InChI=1S/C10H12N2/c1-12-8-10-4-2-3-9(7-11)5-6-10/h2-6,9,12H,8H2,1H3. The molecule has 0 bridgehead atoms. The summed E-state index contributed by atoms with van der Waals surface area (Å²) in [7, 11) is 1.91. The maximum atomic E-state index is 8.64. The number of nitriles is 1. The zero-order valence-electron chi connectivity index (χ0n) is 7.12. The Kier molecular flexibility index (Phi) is 3.31. The van der Waals surface area contributed by atoms with Crippen molar-refractivity contribution >= 4 is 0 Å². The van der Waals surface area contributed by atoms with Crippen LogP contribution in [-0.2, 0) is 0 Å². The van der Waals surface area contributed by atoms with E-state index in [2.05, 4.69) is 11.4 Å². The molecule has 2 heteroatoms. The molecule has 1 aliphatic carbocycles. The normalized spacial score (nSPS) is 21.3. The summed E-state index contributed by atoms with van der Waals surface area (Å²) in [6.45, 7) is 0.846. The summed E-state index contributed by atoms with van der Waals surface area (Å²) >= 11 is 0. The van der Waals surface area contributed by atoms with E-state index in [0.29, 0.717) is 0 Å².